The Labute approximate surface area is 177 Å². The highest BCUT2D eigenvalue weighted by Gasteiger charge is 2.17. The number of carbonyl (C=O) groups is 1. The lowest BCUT2D eigenvalue weighted by Gasteiger charge is -2.22. The second-order valence-corrected chi connectivity index (χ2v) is 7.02. The summed E-state index contributed by atoms with van der Waals surface area (Å²) in [6.07, 6.45) is 3.42. The second-order valence-electron chi connectivity index (χ2n) is 7.02. The van der Waals surface area contributed by atoms with Crippen LogP contribution >= 0.6 is 12.4 Å². The van der Waals surface area contributed by atoms with Crippen LogP contribution in [0.4, 0.5) is 0 Å². The normalized spacial score (nSPS) is 16.1. The number of hydrogen-bond donors (Lipinski definition) is 2. The van der Waals surface area contributed by atoms with E-state index in [2.05, 4.69) is 20.8 Å². The van der Waals surface area contributed by atoms with Crippen LogP contribution in [-0.2, 0) is 4.74 Å². The highest BCUT2D eigenvalue weighted by Crippen LogP contribution is 2.16. The Bertz CT molecular complexity index is 760. The summed E-state index contributed by atoms with van der Waals surface area (Å²) in [5.41, 5.74) is 1.74. The summed E-state index contributed by atoms with van der Waals surface area (Å²) < 4.78 is 10.5. The average Bonchev–Trinajstić information content (AvgIpc) is 3.11. The molecule has 0 bridgehead atoms. The number of nitrogens with one attached hydrogen (secondary N) is 2. The monoisotopic (exact) mass is 423 g/mol. The van der Waals surface area contributed by atoms with Crippen molar-refractivity contribution >= 4 is 18.3 Å². The van der Waals surface area contributed by atoms with Crippen molar-refractivity contribution < 1.29 is 14.3 Å². The molecule has 1 amide bonds. The van der Waals surface area contributed by atoms with E-state index in [9.17, 15) is 4.79 Å². The zero-order valence-corrected chi connectivity index (χ0v) is 17.8. The van der Waals surface area contributed by atoms with Gasteiger partial charge in [-0.25, -0.2) is 0 Å². The first-order chi connectivity index (χ1) is 13.7. The summed E-state index contributed by atoms with van der Waals surface area (Å²) in [7, 11) is 1.64. The van der Waals surface area contributed by atoms with Gasteiger partial charge >= 0.3 is 0 Å². The Morgan fingerprint density at radius 1 is 1.28 bits per heavy atom. The van der Waals surface area contributed by atoms with Crippen molar-refractivity contribution in [2.75, 3.05) is 40.0 Å². The third kappa shape index (κ3) is 6.69. The molecule has 160 valence electrons. The molecule has 0 radical (unpaired) electrons. The van der Waals surface area contributed by atoms with Crippen LogP contribution < -0.4 is 15.4 Å². The van der Waals surface area contributed by atoms with Crippen LogP contribution in [0, 0.1) is 12.8 Å². The number of halogens is 1. The van der Waals surface area contributed by atoms with E-state index in [1.165, 1.54) is 17.6 Å². The van der Waals surface area contributed by atoms with E-state index in [0.29, 0.717) is 37.1 Å². The molecule has 2 N–H and O–H groups in total. The Morgan fingerprint density at radius 3 is 2.76 bits per heavy atom. The van der Waals surface area contributed by atoms with Crippen molar-refractivity contribution in [3.63, 3.8) is 0 Å². The van der Waals surface area contributed by atoms with Gasteiger partial charge in [-0.15, -0.1) is 17.5 Å². The van der Waals surface area contributed by atoms with Gasteiger partial charge < -0.3 is 20.1 Å². The van der Waals surface area contributed by atoms with Crippen LogP contribution in [0.15, 0.2) is 24.3 Å². The Kier molecular flexibility index (Phi) is 9.37. The molecule has 2 aromatic rings. The third-order valence-corrected chi connectivity index (χ3v) is 4.86. The minimum atomic E-state index is -0.174. The predicted molar refractivity (Wildman–Crippen MR) is 113 cm³/mol. The fourth-order valence-corrected chi connectivity index (χ4v) is 3.27. The molecule has 29 heavy (non-hydrogen) atoms. The molecule has 2 heterocycles. The van der Waals surface area contributed by atoms with Crippen molar-refractivity contribution in [3.8, 4) is 11.4 Å². The van der Waals surface area contributed by atoms with Gasteiger partial charge in [-0.05, 0) is 69.5 Å². The molecule has 0 aliphatic carbocycles. The number of piperidine rings is 1. The number of hydrogen-bond acceptors (Lipinski definition) is 6. The molecule has 1 aliphatic heterocycles. The number of carbonyl (C=O) groups excluding carboxylic acids is 1. The molecular weight excluding hydrogens is 394 g/mol. The van der Waals surface area contributed by atoms with Gasteiger partial charge in [-0.1, -0.05) is 0 Å². The van der Waals surface area contributed by atoms with Gasteiger partial charge in [0.05, 0.1) is 18.0 Å². The summed E-state index contributed by atoms with van der Waals surface area (Å²) in [4.78, 5) is 14.0. The maximum Gasteiger partial charge on any atom is 0.273 e. The van der Waals surface area contributed by atoms with E-state index in [0.717, 1.165) is 30.9 Å². The van der Waals surface area contributed by atoms with Crippen LogP contribution in [0.5, 0.6) is 5.75 Å². The summed E-state index contributed by atoms with van der Waals surface area (Å²) in [5, 5.41) is 15.1. The third-order valence-electron chi connectivity index (χ3n) is 4.86. The molecular formula is C20H30ClN5O3. The van der Waals surface area contributed by atoms with Crippen LogP contribution in [0.1, 0.15) is 35.4 Å². The second kappa shape index (κ2) is 11.7. The zero-order chi connectivity index (χ0) is 19.8. The zero-order valence-electron chi connectivity index (χ0n) is 17.0. The van der Waals surface area contributed by atoms with Gasteiger partial charge in [0.25, 0.3) is 5.91 Å². The molecule has 1 saturated heterocycles. The Morgan fingerprint density at radius 2 is 2.07 bits per heavy atom. The molecule has 1 fully saturated rings. The fourth-order valence-electron chi connectivity index (χ4n) is 3.27. The van der Waals surface area contributed by atoms with Crippen LogP contribution in [0.3, 0.4) is 0 Å². The molecule has 1 unspecified atom stereocenters. The topological polar surface area (TPSA) is 90.3 Å². The van der Waals surface area contributed by atoms with Crippen molar-refractivity contribution in [1.29, 1.82) is 0 Å². The van der Waals surface area contributed by atoms with E-state index in [4.69, 9.17) is 9.47 Å². The lowest BCUT2D eigenvalue weighted by molar-refractivity contribution is 0.0944. The summed E-state index contributed by atoms with van der Waals surface area (Å²) in [6, 6.07) is 7.42. The van der Waals surface area contributed by atoms with Crippen LogP contribution in [0.2, 0.25) is 0 Å². The highest BCUT2D eigenvalue weighted by atomic mass is 35.5. The number of aromatic nitrogens is 3. The van der Waals surface area contributed by atoms with Crippen molar-refractivity contribution in [2.45, 2.75) is 26.2 Å². The minimum absolute atomic E-state index is 0. The SMILES string of the molecule is COCCOc1ccc(-n2nc(C)c(C(=O)NCCC3CCCNC3)n2)cc1.Cl. The first-order valence-corrected chi connectivity index (χ1v) is 9.82. The molecule has 3 rings (SSSR count). The number of benzene rings is 1. The summed E-state index contributed by atoms with van der Waals surface area (Å²) in [5.74, 6) is 1.21. The van der Waals surface area contributed by atoms with E-state index in [-0.39, 0.29) is 18.3 Å². The van der Waals surface area contributed by atoms with Crippen LogP contribution in [0.25, 0.3) is 5.69 Å². The van der Waals surface area contributed by atoms with Crippen molar-refractivity contribution in [3.05, 3.63) is 35.7 Å². The van der Waals surface area contributed by atoms with E-state index in [1.807, 2.05) is 24.3 Å². The summed E-state index contributed by atoms with van der Waals surface area (Å²) in [6.45, 7) is 5.63. The lowest BCUT2D eigenvalue weighted by atomic mass is 9.96. The molecule has 9 heteroatoms. The number of amides is 1. The maximum absolute atomic E-state index is 12.5. The molecule has 1 atom stereocenters. The lowest BCUT2D eigenvalue weighted by Crippen LogP contribution is -2.33. The minimum Gasteiger partial charge on any atom is -0.491 e. The quantitative estimate of drug-likeness (QED) is 0.600. The Hall–Kier alpha value is -2.16. The smallest absolute Gasteiger partial charge is 0.273 e. The van der Waals surface area contributed by atoms with Gasteiger partial charge in [-0.2, -0.15) is 9.90 Å². The van der Waals surface area contributed by atoms with E-state index in [1.54, 1.807) is 14.0 Å². The highest BCUT2D eigenvalue weighted by molar-refractivity contribution is 5.93. The molecule has 8 nitrogen and oxygen atoms in total. The number of rotatable bonds is 9. The van der Waals surface area contributed by atoms with E-state index < -0.39 is 0 Å². The number of nitrogens with zero attached hydrogens (tertiary/aromatic N) is 3. The Balaban J connectivity index is 0.00000300. The van der Waals surface area contributed by atoms with Crippen molar-refractivity contribution in [2.24, 2.45) is 5.92 Å². The largest absolute Gasteiger partial charge is 0.491 e. The van der Waals surface area contributed by atoms with Gasteiger partial charge in [-0.3, -0.25) is 4.79 Å². The molecule has 0 spiro atoms. The molecule has 1 aromatic carbocycles. The van der Waals surface area contributed by atoms with Crippen molar-refractivity contribution in [1.82, 2.24) is 25.6 Å². The van der Waals surface area contributed by atoms with E-state index >= 15 is 0 Å². The predicted octanol–water partition coefficient (Wildman–Crippen LogP) is 2.14. The number of methoxy groups -OCH3 is 1. The average molecular weight is 424 g/mol. The maximum atomic E-state index is 12.5. The molecule has 1 aromatic heterocycles. The number of aryl methyl sites for hydroxylation is 1. The fraction of sp³-hybridized carbons (Fsp3) is 0.550. The van der Waals surface area contributed by atoms with Crippen LogP contribution in [-0.4, -0.2) is 60.9 Å². The van der Waals surface area contributed by atoms with Gasteiger partial charge in [0.1, 0.15) is 12.4 Å². The first kappa shape index (κ1) is 23.1. The van der Waals surface area contributed by atoms with Gasteiger partial charge in [0, 0.05) is 13.7 Å². The molecule has 0 saturated carbocycles. The van der Waals surface area contributed by atoms with Gasteiger partial charge in [0.2, 0.25) is 0 Å². The van der Waals surface area contributed by atoms with Gasteiger partial charge in [0.15, 0.2) is 5.69 Å². The first-order valence-electron chi connectivity index (χ1n) is 9.82. The number of ether oxygens (including phenoxy) is 2. The summed E-state index contributed by atoms with van der Waals surface area (Å²) >= 11 is 0. The molecule has 1 aliphatic rings. The standard InChI is InChI=1S/C20H29N5O3.ClH/c1-15-19(20(26)22-11-9-16-4-3-10-21-14-16)24-25(23-15)17-5-7-18(8-6-17)28-13-12-27-2;/h5-8,16,21H,3-4,9-14H2,1-2H3,(H,22,26);1H.